The fourth-order valence-corrected chi connectivity index (χ4v) is 4.81. The van der Waals surface area contributed by atoms with Gasteiger partial charge in [0.25, 0.3) is 0 Å². The standard InChI is InChI=1S/C29H31N3O3/c1-21-9-3-6-12-27(21)35-18-8-7-17-31-26-11-5-4-10-25(26)30-29(31)22-19-28(33)32(20-22)23-13-15-24(34-2)16-14-23/h3-6,9-16,22H,7-8,17-20H2,1-2H3/t22-/m0/s1. The van der Waals surface area contributed by atoms with Gasteiger partial charge in [-0.25, -0.2) is 4.98 Å². The first-order valence-electron chi connectivity index (χ1n) is 12.2. The van der Waals surface area contributed by atoms with Gasteiger partial charge in [0.05, 0.1) is 24.8 Å². The zero-order valence-electron chi connectivity index (χ0n) is 20.3. The molecule has 1 fully saturated rings. The van der Waals surface area contributed by atoms with Gasteiger partial charge in [-0.05, 0) is 67.8 Å². The van der Waals surface area contributed by atoms with E-state index in [1.807, 2.05) is 53.4 Å². The molecule has 6 heteroatoms. The summed E-state index contributed by atoms with van der Waals surface area (Å²) in [5.41, 5.74) is 4.16. The van der Waals surface area contributed by atoms with Crippen molar-refractivity contribution in [2.45, 2.75) is 38.6 Å². The number of ether oxygens (including phenoxy) is 2. The third kappa shape index (κ3) is 4.87. The summed E-state index contributed by atoms with van der Waals surface area (Å²) in [7, 11) is 1.64. The summed E-state index contributed by atoms with van der Waals surface area (Å²) >= 11 is 0. The van der Waals surface area contributed by atoms with Crippen LogP contribution < -0.4 is 14.4 Å². The minimum atomic E-state index is 0.0558. The molecular formula is C29H31N3O3. The number of methoxy groups -OCH3 is 1. The number of carbonyl (C=O) groups is 1. The van der Waals surface area contributed by atoms with E-state index in [1.54, 1.807) is 7.11 Å². The molecule has 0 radical (unpaired) electrons. The van der Waals surface area contributed by atoms with E-state index >= 15 is 0 Å². The molecule has 1 atom stereocenters. The summed E-state index contributed by atoms with van der Waals surface area (Å²) in [6, 6.07) is 24.0. The number of rotatable bonds is 9. The van der Waals surface area contributed by atoms with Crippen LogP contribution in [0.25, 0.3) is 11.0 Å². The quantitative estimate of drug-likeness (QED) is 0.294. The average molecular weight is 470 g/mol. The minimum absolute atomic E-state index is 0.0558. The maximum Gasteiger partial charge on any atom is 0.227 e. The van der Waals surface area contributed by atoms with Crippen molar-refractivity contribution in [1.29, 1.82) is 0 Å². The zero-order valence-corrected chi connectivity index (χ0v) is 20.3. The predicted molar refractivity (Wildman–Crippen MR) is 138 cm³/mol. The SMILES string of the molecule is COc1ccc(N2C[C@@H](c3nc4ccccc4n3CCCCOc3ccccc3C)CC2=O)cc1. The van der Waals surface area contributed by atoms with E-state index in [-0.39, 0.29) is 11.8 Å². The monoisotopic (exact) mass is 469 g/mol. The van der Waals surface area contributed by atoms with Gasteiger partial charge in [0, 0.05) is 31.1 Å². The number of benzene rings is 3. The smallest absolute Gasteiger partial charge is 0.227 e. The summed E-state index contributed by atoms with van der Waals surface area (Å²) in [6.45, 7) is 4.22. The molecule has 2 heterocycles. The molecule has 1 saturated heterocycles. The lowest BCUT2D eigenvalue weighted by Crippen LogP contribution is -2.24. The zero-order chi connectivity index (χ0) is 24.2. The van der Waals surface area contributed by atoms with Crippen molar-refractivity contribution < 1.29 is 14.3 Å². The van der Waals surface area contributed by atoms with Crippen molar-refractivity contribution >= 4 is 22.6 Å². The number of unbranched alkanes of at least 4 members (excludes halogenated alkanes) is 1. The summed E-state index contributed by atoms with van der Waals surface area (Å²) in [5, 5.41) is 0. The molecule has 4 aromatic rings. The van der Waals surface area contributed by atoms with E-state index in [1.165, 1.54) is 0 Å². The van der Waals surface area contributed by atoms with Gasteiger partial charge in [0.15, 0.2) is 0 Å². The fourth-order valence-electron chi connectivity index (χ4n) is 4.81. The van der Waals surface area contributed by atoms with E-state index in [9.17, 15) is 4.79 Å². The van der Waals surface area contributed by atoms with Crippen molar-refractivity contribution in [1.82, 2.24) is 9.55 Å². The van der Waals surface area contributed by atoms with Crippen molar-refractivity contribution in [3.05, 3.63) is 84.2 Å². The number of carbonyl (C=O) groups excluding carboxylic acids is 1. The molecule has 0 saturated carbocycles. The molecule has 3 aromatic carbocycles. The number of aromatic nitrogens is 2. The second kappa shape index (κ2) is 10.2. The third-order valence-corrected chi connectivity index (χ3v) is 6.69. The lowest BCUT2D eigenvalue weighted by Gasteiger charge is -2.18. The Morgan fingerprint density at radius 2 is 1.74 bits per heavy atom. The number of hydrogen-bond acceptors (Lipinski definition) is 4. The predicted octanol–water partition coefficient (Wildman–Crippen LogP) is 5.73. The number of aryl methyl sites for hydroxylation is 2. The Morgan fingerprint density at radius 3 is 2.54 bits per heavy atom. The van der Waals surface area contributed by atoms with Gasteiger partial charge < -0.3 is 18.9 Å². The molecule has 1 amide bonds. The van der Waals surface area contributed by atoms with Gasteiger partial charge >= 0.3 is 0 Å². The van der Waals surface area contributed by atoms with Gasteiger partial charge in [-0.2, -0.15) is 0 Å². The molecule has 0 aliphatic carbocycles. The van der Waals surface area contributed by atoms with Crippen molar-refractivity contribution in [2.24, 2.45) is 0 Å². The van der Waals surface area contributed by atoms with Crippen LogP contribution in [0.4, 0.5) is 5.69 Å². The van der Waals surface area contributed by atoms with Crippen LogP contribution in [0.3, 0.4) is 0 Å². The summed E-state index contributed by atoms with van der Waals surface area (Å²) in [5.74, 6) is 2.91. The van der Waals surface area contributed by atoms with Crippen molar-refractivity contribution in [3.63, 3.8) is 0 Å². The van der Waals surface area contributed by atoms with E-state index in [2.05, 4.69) is 35.8 Å². The van der Waals surface area contributed by atoms with Crippen LogP contribution in [-0.4, -0.2) is 35.7 Å². The maximum atomic E-state index is 12.9. The second-order valence-electron chi connectivity index (χ2n) is 9.03. The van der Waals surface area contributed by atoms with Crippen LogP contribution in [0, 0.1) is 6.92 Å². The molecule has 5 rings (SSSR count). The highest BCUT2D eigenvalue weighted by Crippen LogP contribution is 2.34. The molecule has 180 valence electrons. The summed E-state index contributed by atoms with van der Waals surface area (Å²) in [6.07, 6.45) is 2.38. The second-order valence-corrected chi connectivity index (χ2v) is 9.03. The fraction of sp³-hybridized carbons (Fsp3) is 0.310. The molecule has 1 aliphatic heterocycles. The molecule has 6 nitrogen and oxygen atoms in total. The third-order valence-electron chi connectivity index (χ3n) is 6.69. The largest absolute Gasteiger partial charge is 0.497 e. The summed E-state index contributed by atoms with van der Waals surface area (Å²) < 4.78 is 13.5. The van der Waals surface area contributed by atoms with Crippen LogP contribution in [-0.2, 0) is 11.3 Å². The molecule has 1 aliphatic rings. The highest BCUT2D eigenvalue weighted by atomic mass is 16.5. The number of fused-ring (bicyclic) bond motifs is 1. The van der Waals surface area contributed by atoms with Gasteiger partial charge in [-0.3, -0.25) is 4.79 Å². The van der Waals surface area contributed by atoms with Crippen molar-refractivity contribution in [3.8, 4) is 11.5 Å². The number of amides is 1. The Labute approximate surface area is 206 Å². The number of para-hydroxylation sites is 3. The van der Waals surface area contributed by atoms with E-state index in [0.29, 0.717) is 19.6 Å². The van der Waals surface area contributed by atoms with E-state index < -0.39 is 0 Å². The highest BCUT2D eigenvalue weighted by Gasteiger charge is 2.34. The van der Waals surface area contributed by atoms with Crippen LogP contribution in [0.5, 0.6) is 11.5 Å². The summed E-state index contributed by atoms with van der Waals surface area (Å²) in [4.78, 5) is 19.8. The maximum absolute atomic E-state index is 12.9. The first-order valence-corrected chi connectivity index (χ1v) is 12.2. The molecule has 0 unspecified atom stereocenters. The van der Waals surface area contributed by atoms with Crippen LogP contribution >= 0.6 is 0 Å². The minimum Gasteiger partial charge on any atom is -0.497 e. The molecule has 1 aromatic heterocycles. The van der Waals surface area contributed by atoms with E-state index in [0.717, 1.165) is 59.0 Å². The van der Waals surface area contributed by atoms with E-state index in [4.69, 9.17) is 14.5 Å². The normalized spacial score (nSPS) is 15.7. The Morgan fingerprint density at radius 1 is 0.971 bits per heavy atom. The number of anilines is 1. The average Bonchev–Trinajstić information content (AvgIpc) is 3.45. The van der Waals surface area contributed by atoms with Crippen LogP contribution in [0.1, 0.15) is 36.6 Å². The molecular weight excluding hydrogens is 438 g/mol. The lowest BCUT2D eigenvalue weighted by molar-refractivity contribution is -0.117. The molecule has 35 heavy (non-hydrogen) atoms. The number of imidazole rings is 1. The van der Waals surface area contributed by atoms with Gasteiger partial charge in [0.1, 0.15) is 17.3 Å². The highest BCUT2D eigenvalue weighted by molar-refractivity contribution is 5.96. The van der Waals surface area contributed by atoms with Gasteiger partial charge in [0.2, 0.25) is 5.91 Å². The van der Waals surface area contributed by atoms with Gasteiger partial charge in [-0.15, -0.1) is 0 Å². The Hall–Kier alpha value is -3.80. The first-order chi connectivity index (χ1) is 17.1. The molecule has 0 N–H and O–H groups in total. The first kappa shape index (κ1) is 23.0. The Bertz CT molecular complexity index is 1310. The Kier molecular flexibility index (Phi) is 6.70. The van der Waals surface area contributed by atoms with Gasteiger partial charge in [-0.1, -0.05) is 30.3 Å². The van der Waals surface area contributed by atoms with Crippen molar-refractivity contribution in [2.75, 3.05) is 25.2 Å². The van der Waals surface area contributed by atoms with Crippen LogP contribution in [0.2, 0.25) is 0 Å². The topological polar surface area (TPSA) is 56.6 Å². The number of nitrogens with zero attached hydrogens (tertiary/aromatic N) is 3. The Balaban J connectivity index is 1.29. The molecule has 0 spiro atoms. The molecule has 0 bridgehead atoms. The number of hydrogen-bond donors (Lipinski definition) is 0. The van der Waals surface area contributed by atoms with Crippen LogP contribution in [0.15, 0.2) is 72.8 Å². The lowest BCUT2D eigenvalue weighted by atomic mass is 10.1.